The summed E-state index contributed by atoms with van der Waals surface area (Å²) >= 11 is 0. The predicted octanol–water partition coefficient (Wildman–Crippen LogP) is 0.481. The van der Waals surface area contributed by atoms with Gasteiger partial charge in [0.15, 0.2) is 0 Å². The fourth-order valence-corrected chi connectivity index (χ4v) is 1.52. The first-order valence-corrected chi connectivity index (χ1v) is 6.49. The van der Waals surface area contributed by atoms with Crippen molar-refractivity contribution >= 4 is 9.84 Å². The van der Waals surface area contributed by atoms with Crippen LogP contribution >= 0.6 is 0 Å². The molecule has 0 radical (unpaired) electrons. The van der Waals surface area contributed by atoms with Crippen LogP contribution in [-0.2, 0) is 15.4 Å². The Morgan fingerprint density at radius 2 is 1.87 bits per heavy atom. The molecule has 6 nitrogen and oxygen atoms in total. The lowest BCUT2D eigenvalue weighted by Crippen LogP contribution is -2.23. The summed E-state index contributed by atoms with van der Waals surface area (Å²) in [6.07, 6.45) is 1.74. The predicted molar refractivity (Wildman–Crippen MR) is 51.9 cm³/mol. The minimum atomic E-state index is -3.51. The van der Waals surface area contributed by atoms with E-state index in [0.29, 0.717) is 12.8 Å². The molecule has 1 rings (SSSR count). The maximum Gasteiger partial charge on any atom is 0.335 e. The van der Waals surface area contributed by atoms with Crippen molar-refractivity contribution in [3.63, 3.8) is 0 Å². The maximum atomic E-state index is 11.1. The second kappa shape index (κ2) is 3.90. The molecule has 1 aromatic rings. The number of nitrogens with zero attached hydrogens (tertiary/aromatic N) is 2. The zero-order valence-corrected chi connectivity index (χ0v) is 9.71. The Balaban J connectivity index is 3.14. The number of hydrogen-bond donors (Lipinski definition) is 1. The summed E-state index contributed by atoms with van der Waals surface area (Å²) in [5, 5.41) is 16.5. The Morgan fingerprint density at radius 1 is 1.33 bits per heavy atom. The van der Waals surface area contributed by atoms with Crippen LogP contribution in [0.25, 0.3) is 0 Å². The van der Waals surface area contributed by atoms with Crippen LogP contribution in [0.2, 0.25) is 0 Å². The van der Waals surface area contributed by atoms with Crippen molar-refractivity contribution < 1.29 is 17.9 Å². The van der Waals surface area contributed by atoms with Crippen molar-refractivity contribution in [1.29, 1.82) is 0 Å². The number of aliphatic hydroxyl groups is 1. The summed E-state index contributed by atoms with van der Waals surface area (Å²) in [5.74, 6) is -0.0482. The second-order valence-electron chi connectivity index (χ2n) is 3.38. The Morgan fingerprint density at radius 3 is 2.20 bits per heavy atom. The molecule has 0 amide bonds. The molecule has 0 bridgehead atoms. The largest absolute Gasteiger partial charge is 0.409 e. The molecule has 0 aliphatic rings. The van der Waals surface area contributed by atoms with Gasteiger partial charge in [0.25, 0.3) is 0 Å². The normalized spacial score (nSPS) is 13.1. The molecule has 0 aromatic carbocycles. The zero-order chi connectivity index (χ0) is 11.7. The van der Waals surface area contributed by atoms with E-state index < -0.39 is 20.7 Å². The van der Waals surface area contributed by atoms with Crippen LogP contribution < -0.4 is 0 Å². The molecule has 0 aliphatic carbocycles. The van der Waals surface area contributed by atoms with E-state index in [1.165, 1.54) is 0 Å². The van der Waals surface area contributed by atoms with Gasteiger partial charge in [0.05, 0.1) is 0 Å². The molecule has 0 fully saturated rings. The average Bonchev–Trinajstić information content (AvgIpc) is 2.65. The van der Waals surface area contributed by atoms with E-state index in [9.17, 15) is 13.5 Å². The van der Waals surface area contributed by atoms with Crippen LogP contribution in [0.3, 0.4) is 0 Å². The van der Waals surface area contributed by atoms with Gasteiger partial charge in [-0.2, -0.15) is 0 Å². The molecule has 7 heteroatoms. The molecule has 1 heterocycles. The van der Waals surface area contributed by atoms with Crippen LogP contribution in [0.4, 0.5) is 0 Å². The molecule has 0 saturated heterocycles. The summed E-state index contributed by atoms with van der Waals surface area (Å²) in [6, 6.07) is 0. The van der Waals surface area contributed by atoms with Crippen molar-refractivity contribution in [2.24, 2.45) is 0 Å². The smallest absolute Gasteiger partial charge is 0.335 e. The van der Waals surface area contributed by atoms with Crippen LogP contribution in [0.1, 0.15) is 32.6 Å². The Labute approximate surface area is 88.2 Å². The van der Waals surface area contributed by atoms with E-state index in [1.807, 2.05) is 0 Å². The molecule has 0 aliphatic heterocycles. The van der Waals surface area contributed by atoms with E-state index in [1.54, 1.807) is 13.8 Å². The highest BCUT2D eigenvalue weighted by atomic mass is 32.2. The van der Waals surface area contributed by atoms with E-state index in [-0.39, 0.29) is 5.89 Å². The second-order valence-corrected chi connectivity index (χ2v) is 5.28. The van der Waals surface area contributed by atoms with Gasteiger partial charge in [0, 0.05) is 6.26 Å². The first-order chi connectivity index (χ1) is 6.83. The van der Waals surface area contributed by atoms with Crippen LogP contribution in [0.5, 0.6) is 0 Å². The molecule has 0 spiro atoms. The van der Waals surface area contributed by atoms with Crippen LogP contribution in [0.15, 0.2) is 9.64 Å². The molecule has 0 saturated carbocycles. The van der Waals surface area contributed by atoms with Gasteiger partial charge in [0.2, 0.25) is 15.7 Å². The van der Waals surface area contributed by atoms with Gasteiger partial charge in [-0.1, -0.05) is 18.9 Å². The lowest BCUT2D eigenvalue weighted by atomic mass is 9.98. The first kappa shape index (κ1) is 12.1. The summed E-state index contributed by atoms with van der Waals surface area (Å²) in [4.78, 5) is 0. The van der Waals surface area contributed by atoms with Crippen molar-refractivity contribution in [3.05, 3.63) is 5.89 Å². The fraction of sp³-hybridized carbons (Fsp3) is 0.750. The monoisotopic (exact) mass is 234 g/mol. The number of hydrogen-bond acceptors (Lipinski definition) is 6. The lowest BCUT2D eigenvalue weighted by Gasteiger charge is -2.19. The zero-order valence-electron chi connectivity index (χ0n) is 8.89. The summed E-state index contributed by atoms with van der Waals surface area (Å²) in [7, 11) is -3.51. The van der Waals surface area contributed by atoms with Crippen LogP contribution in [0, 0.1) is 0 Å². The van der Waals surface area contributed by atoms with Crippen molar-refractivity contribution in [2.75, 3.05) is 6.26 Å². The molecule has 1 aromatic heterocycles. The third kappa shape index (κ3) is 2.35. The SMILES string of the molecule is CCC(O)(CC)c1nnc(S(C)(=O)=O)o1. The van der Waals surface area contributed by atoms with E-state index in [4.69, 9.17) is 4.42 Å². The molecular formula is C8H14N2O4S. The Bertz CT molecular complexity index is 433. The molecule has 0 atom stereocenters. The number of rotatable bonds is 4. The minimum absolute atomic E-state index is 0.0482. The Kier molecular flexibility index (Phi) is 3.15. The van der Waals surface area contributed by atoms with Gasteiger partial charge in [-0.15, -0.1) is 5.10 Å². The maximum absolute atomic E-state index is 11.1. The van der Waals surface area contributed by atoms with Crippen LogP contribution in [-0.4, -0.2) is 30.0 Å². The minimum Gasteiger partial charge on any atom is -0.409 e. The number of sulfone groups is 1. The molecular weight excluding hydrogens is 220 g/mol. The molecule has 86 valence electrons. The van der Waals surface area contributed by atoms with E-state index in [0.717, 1.165) is 6.26 Å². The van der Waals surface area contributed by atoms with Crippen molar-refractivity contribution in [3.8, 4) is 0 Å². The summed E-state index contributed by atoms with van der Waals surface area (Å²) in [6.45, 7) is 3.52. The quantitative estimate of drug-likeness (QED) is 0.814. The average molecular weight is 234 g/mol. The van der Waals surface area contributed by atoms with Gasteiger partial charge in [-0.25, -0.2) is 8.42 Å². The fourth-order valence-electron chi connectivity index (χ4n) is 1.10. The van der Waals surface area contributed by atoms with Crippen molar-refractivity contribution in [1.82, 2.24) is 10.2 Å². The summed E-state index contributed by atoms with van der Waals surface area (Å²) in [5.41, 5.74) is -1.24. The van der Waals surface area contributed by atoms with Gasteiger partial charge in [-0.3, -0.25) is 0 Å². The highest BCUT2D eigenvalue weighted by Gasteiger charge is 2.32. The molecule has 15 heavy (non-hydrogen) atoms. The van der Waals surface area contributed by atoms with Gasteiger partial charge in [-0.05, 0) is 12.8 Å². The standard InChI is InChI=1S/C8H14N2O4S/c1-4-8(11,5-2)6-9-10-7(14-6)15(3,12)13/h11H,4-5H2,1-3H3. The van der Waals surface area contributed by atoms with Crippen molar-refractivity contribution in [2.45, 2.75) is 37.5 Å². The lowest BCUT2D eigenvalue weighted by molar-refractivity contribution is -0.00133. The van der Waals surface area contributed by atoms with Gasteiger partial charge < -0.3 is 9.52 Å². The third-order valence-electron chi connectivity index (χ3n) is 2.29. The molecule has 0 unspecified atom stereocenters. The molecule has 1 N–H and O–H groups in total. The Hall–Kier alpha value is -0.950. The van der Waals surface area contributed by atoms with E-state index >= 15 is 0 Å². The highest BCUT2D eigenvalue weighted by molar-refractivity contribution is 7.90. The topological polar surface area (TPSA) is 93.3 Å². The van der Waals surface area contributed by atoms with Gasteiger partial charge in [0.1, 0.15) is 5.60 Å². The highest BCUT2D eigenvalue weighted by Crippen LogP contribution is 2.27. The third-order valence-corrected chi connectivity index (χ3v) is 3.09. The van der Waals surface area contributed by atoms with Gasteiger partial charge >= 0.3 is 5.22 Å². The first-order valence-electron chi connectivity index (χ1n) is 4.60. The van der Waals surface area contributed by atoms with E-state index in [2.05, 4.69) is 10.2 Å². The number of aromatic nitrogens is 2. The summed E-state index contributed by atoms with van der Waals surface area (Å²) < 4.78 is 27.1.